The Kier molecular flexibility index (Phi) is 9.07. The van der Waals surface area contributed by atoms with Gasteiger partial charge in [-0.2, -0.15) is 5.10 Å². The first kappa shape index (κ1) is 20.2. The molecular formula is C17H24ClN3O3. The lowest BCUT2D eigenvalue weighted by molar-refractivity contribution is -0.131. The van der Waals surface area contributed by atoms with Gasteiger partial charge in [0.1, 0.15) is 0 Å². The number of amides is 1. The van der Waals surface area contributed by atoms with Crippen LogP contribution in [-0.2, 0) is 23.0 Å². The predicted molar refractivity (Wildman–Crippen MR) is 93.1 cm³/mol. The summed E-state index contributed by atoms with van der Waals surface area (Å²) in [6.45, 7) is 2.02. The highest BCUT2D eigenvalue weighted by molar-refractivity contribution is 6.30. The molecule has 1 amide bonds. The van der Waals surface area contributed by atoms with Crippen molar-refractivity contribution in [3.8, 4) is 0 Å². The molecule has 6 nitrogen and oxygen atoms in total. The molecule has 132 valence electrons. The molecule has 0 aliphatic carbocycles. The minimum Gasteiger partial charge on any atom is -0.381 e. The van der Waals surface area contributed by atoms with E-state index in [2.05, 4.69) is 5.10 Å². The minimum absolute atomic E-state index is 0.153. The van der Waals surface area contributed by atoms with Gasteiger partial charge in [-0.1, -0.05) is 23.7 Å². The molecule has 2 aromatic rings. The highest BCUT2D eigenvalue weighted by Crippen LogP contribution is 2.13. The Morgan fingerprint density at radius 1 is 1.38 bits per heavy atom. The summed E-state index contributed by atoms with van der Waals surface area (Å²) in [4.78, 5) is 11.0. The molecule has 1 unspecified atom stereocenters. The van der Waals surface area contributed by atoms with Crippen molar-refractivity contribution in [3.63, 3.8) is 0 Å². The van der Waals surface area contributed by atoms with Gasteiger partial charge < -0.3 is 4.74 Å². The summed E-state index contributed by atoms with van der Waals surface area (Å²) >= 11 is 5.78. The zero-order chi connectivity index (χ0) is 17.9. The third-order valence-corrected chi connectivity index (χ3v) is 3.86. The van der Waals surface area contributed by atoms with Crippen molar-refractivity contribution in [1.82, 2.24) is 15.3 Å². The molecule has 0 saturated heterocycles. The molecular weight excluding hydrogens is 330 g/mol. The third-order valence-electron chi connectivity index (χ3n) is 3.61. The van der Waals surface area contributed by atoms with Crippen molar-refractivity contribution in [2.75, 3.05) is 7.11 Å². The Bertz CT molecular complexity index is 597. The number of aromatic nitrogens is 2. The Labute approximate surface area is 147 Å². The molecule has 0 spiro atoms. The number of nitrogens with one attached hydrogen (secondary N) is 1. The van der Waals surface area contributed by atoms with E-state index in [1.807, 2.05) is 49.0 Å². The number of halogens is 1. The fraction of sp³-hybridized carbons (Fsp3) is 0.412. The van der Waals surface area contributed by atoms with Gasteiger partial charge in [-0.3, -0.25) is 14.7 Å². The lowest BCUT2D eigenvalue weighted by Gasteiger charge is -2.13. The lowest BCUT2D eigenvalue weighted by atomic mass is 10.0. The Balaban J connectivity index is 0.000000341. The number of ether oxygens (including phenoxy) is 1. The molecule has 0 radical (unpaired) electrons. The van der Waals surface area contributed by atoms with E-state index in [-0.39, 0.29) is 12.5 Å². The topological polar surface area (TPSA) is 76.4 Å². The average Bonchev–Trinajstić information content (AvgIpc) is 2.96. The standard InChI is InChI=1S/C12H16ClNO3.C5H8N2/c1-17-11(8-12(15)14-16)7-4-9-2-5-10(13)6-3-9;1-5-3-4-6-7(5)2/h2-3,5-6,11,16H,4,7-8H2,1H3,(H,14,15);3-4H,1-2H3. The number of methoxy groups -OCH3 is 1. The quantitative estimate of drug-likeness (QED) is 0.618. The van der Waals surface area contributed by atoms with Crippen molar-refractivity contribution >= 4 is 17.5 Å². The summed E-state index contributed by atoms with van der Waals surface area (Å²) in [6.07, 6.45) is 3.26. The number of aryl methyl sites for hydroxylation is 3. The van der Waals surface area contributed by atoms with Gasteiger partial charge in [0.2, 0.25) is 5.91 Å². The molecule has 7 heteroatoms. The number of carbonyl (C=O) groups is 1. The molecule has 0 aliphatic rings. The van der Waals surface area contributed by atoms with Crippen LogP contribution in [0, 0.1) is 6.92 Å². The zero-order valence-electron chi connectivity index (χ0n) is 14.2. The molecule has 1 aromatic heterocycles. The maximum atomic E-state index is 11.0. The second-order valence-corrected chi connectivity index (χ2v) is 5.79. The normalized spacial score (nSPS) is 11.4. The van der Waals surface area contributed by atoms with Crippen LogP contribution in [0.1, 0.15) is 24.1 Å². The fourth-order valence-electron chi connectivity index (χ4n) is 1.97. The molecule has 1 atom stereocenters. The van der Waals surface area contributed by atoms with E-state index in [0.29, 0.717) is 11.4 Å². The molecule has 0 aliphatic heterocycles. The molecule has 0 fully saturated rings. The van der Waals surface area contributed by atoms with E-state index < -0.39 is 5.91 Å². The number of rotatable bonds is 6. The molecule has 1 aromatic carbocycles. The van der Waals surface area contributed by atoms with Gasteiger partial charge in [0.15, 0.2) is 0 Å². The van der Waals surface area contributed by atoms with Gasteiger partial charge in [0.25, 0.3) is 0 Å². The van der Waals surface area contributed by atoms with E-state index >= 15 is 0 Å². The summed E-state index contributed by atoms with van der Waals surface area (Å²) in [6, 6.07) is 9.53. The van der Waals surface area contributed by atoms with E-state index in [0.717, 1.165) is 12.0 Å². The Morgan fingerprint density at radius 3 is 2.46 bits per heavy atom. The summed E-state index contributed by atoms with van der Waals surface area (Å²) in [5, 5.41) is 13.1. The largest absolute Gasteiger partial charge is 0.381 e. The van der Waals surface area contributed by atoms with Gasteiger partial charge in [-0.25, -0.2) is 5.48 Å². The second-order valence-electron chi connectivity index (χ2n) is 5.36. The first-order valence-corrected chi connectivity index (χ1v) is 7.98. The average molecular weight is 354 g/mol. The molecule has 2 rings (SSSR count). The molecule has 0 bridgehead atoms. The smallest absolute Gasteiger partial charge is 0.245 e. The maximum absolute atomic E-state index is 11.0. The summed E-state index contributed by atoms with van der Waals surface area (Å²) < 4.78 is 7.00. The van der Waals surface area contributed by atoms with Crippen LogP contribution >= 0.6 is 11.6 Å². The van der Waals surface area contributed by atoms with E-state index in [4.69, 9.17) is 21.5 Å². The van der Waals surface area contributed by atoms with E-state index in [1.54, 1.807) is 18.8 Å². The van der Waals surface area contributed by atoms with Crippen LogP contribution in [0.2, 0.25) is 5.02 Å². The molecule has 0 saturated carbocycles. The van der Waals surface area contributed by atoms with Gasteiger partial charge in [0.05, 0.1) is 12.5 Å². The van der Waals surface area contributed by atoms with Crippen LogP contribution in [0.3, 0.4) is 0 Å². The van der Waals surface area contributed by atoms with Gasteiger partial charge in [0, 0.05) is 31.1 Å². The van der Waals surface area contributed by atoms with Crippen molar-refractivity contribution < 1.29 is 14.7 Å². The zero-order valence-corrected chi connectivity index (χ0v) is 15.0. The van der Waals surface area contributed by atoms with Crippen LogP contribution in [0.15, 0.2) is 36.5 Å². The number of hydrogen-bond donors (Lipinski definition) is 2. The molecule has 1 heterocycles. The molecule has 24 heavy (non-hydrogen) atoms. The number of nitrogens with zero attached hydrogens (tertiary/aromatic N) is 2. The number of hydroxylamine groups is 1. The summed E-state index contributed by atoms with van der Waals surface area (Å²) in [7, 11) is 3.48. The van der Waals surface area contributed by atoms with Crippen molar-refractivity contribution in [2.24, 2.45) is 7.05 Å². The fourth-order valence-corrected chi connectivity index (χ4v) is 2.10. The van der Waals surface area contributed by atoms with E-state index in [9.17, 15) is 4.79 Å². The third kappa shape index (κ3) is 7.59. The first-order valence-electron chi connectivity index (χ1n) is 7.61. The Hall–Kier alpha value is -1.89. The van der Waals surface area contributed by atoms with Gasteiger partial charge >= 0.3 is 0 Å². The van der Waals surface area contributed by atoms with Crippen LogP contribution in [-0.4, -0.2) is 34.1 Å². The van der Waals surface area contributed by atoms with Crippen LogP contribution in [0.4, 0.5) is 0 Å². The van der Waals surface area contributed by atoms with Gasteiger partial charge in [-0.15, -0.1) is 0 Å². The minimum atomic E-state index is -0.437. The SMILES string of the molecule is COC(CCc1ccc(Cl)cc1)CC(=O)NO.Cc1ccnn1C. The maximum Gasteiger partial charge on any atom is 0.245 e. The van der Waals surface area contributed by atoms with Crippen molar-refractivity contribution in [2.45, 2.75) is 32.3 Å². The lowest BCUT2D eigenvalue weighted by Crippen LogP contribution is -2.25. The van der Waals surface area contributed by atoms with Crippen LogP contribution < -0.4 is 5.48 Å². The first-order chi connectivity index (χ1) is 11.5. The summed E-state index contributed by atoms with van der Waals surface area (Å²) in [5.74, 6) is -0.437. The number of benzene rings is 1. The van der Waals surface area contributed by atoms with Crippen LogP contribution in [0.25, 0.3) is 0 Å². The van der Waals surface area contributed by atoms with Gasteiger partial charge in [-0.05, 0) is 43.5 Å². The second kappa shape index (κ2) is 10.8. The van der Waals surface area contributed by atoms with E-state index in [1.165, 1.54) is 5.69 Å². The Morgan fingerprint density at radius 2 is 2.04 bits per heavy atom. The number of carbonyl (C=O) groups excluding carboxylic acids is 1. The highest BCUT2D eigenvalue weighted by Gasteiger charge is 2.12. The summed E-state index contributed by atoms with van der Waals surface area (Å²) in [5.41, 5.74) is 3.93. The van der Waals surface area contributed by atoms with Crippen LogP contribution in [0.5, 0.6) is 0 Å². The monoisotopic (exact) mass is 353 g/mol. The van der Waals surface area contributed by atoms with Crippen molar-refractivity contribution in [1.29, 1.82) is 0 Å². The van der Waals surface area contributed by atoms with Crippen molar-refractivity contribution in [3.05, 3.63) is 52.8 Å². The predicted octanol–water partition coefficient (Wildman–Crippen LogP) is 2.91. The number of hydrogen-bond acceptors (Lipinski definition) is 4. The highest BCUT2D eigenvalue weighted by atomic mass is 35.5. The molecule has 2 N–H and O–H groups in total.